The van der Waals surface area contributed by atoms with Crippen LogP contribution in [0.4, 0.5) is 0 Å². The van der Waals surface area contributed by atoms with Gasteiger partial charge in [0.15, 0.2) is 0 Å². The number of piperidine rings is 1. The van der Waals surface area contributed by atoms with Crippen molar-refractivity contribution in [3.8, 4) is 5.75 Å². The predicted octanol–water partition coefficient (Wildman–Crippen LogP) is 4.63. The molecule has 118 valence electrons. The molecule has 0 saturated carbocycles. The molecule has 1 aromatic carbocycles. The van der Waals surface area contributed by atoms with E-state index in [4.69, 9.17) is 4.74 Å². The summed E-state index contributed by atoms with van der Waals surface area (Å²) in [7, 11) is 1.82. The summed E-state index contributed by atoms with van der Waals surface area (Å²) in [6.07, 6.45) is 5.04. The van der Waals surface area contributed by atoms with Crippen molar-refractivity contribution in [2.75, 3.05) is 13.7 Å². The Morgan fingerprint density at radius 1 is 1.10 bits per heavy atom. The van der Waals surface area contributed by atoms with Crippen molar-refractivity contribution >= 4 is 0 Å². The lowest BCUT2D eigenvalue weighted by atomic mass is 9.86. The molecule has 0 radical (unpaired) electrons. The van der Waals surface area contributed by atoms with Crippen LogP contribution in [0.25, 0.3) is 0 Å². The van der Waals surface area contributed by atoms with Gasteiger partial charge < -0.3 is 10.1 Å². The van der Waals surface area contributed by atoms with Crippen molar-refractivity contribution in [3.05, 3.63) is 28.8 Å². The summed E-state index contributed by atoms with van der Waals surface area (Å²) in [5, 5.41) is 3.68. The lowest BCUT2D eigenvalue weighted by Gasteiger charge is -2.27. The summed E-state index contributed by atoms with van der Waals surface area (Å²) >= 11 is 0. The number of hydrogen-bond donors (Lipinski definition) is 1. The molecule has 1 aliphatic heterocycles. The zero-order valence-corrected chi connectivity index (χ0v) is 14.3. The van der Waals surface area contributed by atoms with Crippen molar-refractivity contribution in [2.24, 2.45) is 0 Å². The molecule has 1 unspecified atom stereocenters. The molecular weight excluding hydrogens is 258 g/mol. The van der Waals surface area contributed by atoms with Crippen LogP contribution in [0, 0.1) is 0 Å². The van der Waals surface area contributed by atoms with Crippen molar-refractivity contribution in [2.45, 2.75) is 71.3 Å². The Bertz CT molecular complexity index is 459. The highest BCUT2D eigenvalue weighted by Crippen LogP contribution is 2.36. The second-order valence-corrected chi connectivity index (χ2v) is 6.92. The quantitative estimate of drug-likeness (QED) is 0.853. The van der Waals surface area contributed by atoms with Gasteiger partial charge in [0.05, 0.1) is 7.11 Å². The minimum atomic E-state index is 0.499. The highest BCUT2D eigenvalue weighted by Gasteiger charge is 2.22. The molecule has 1 aromatic rings. The lowest BCUT2D eigenvalue weighted by molar-refractivity contribution is 0.376. The van der Waals surface area contributed by atoms with Gasteiger partial charge in [-0.3, -0.25) is 0 Å². The van der Waals surface area contributed by atoms with Crippen LogP contribution in [-0.2, 0) is 6.42 Å². The average molecular weight is 289 g/mol. The maximum absolute atomic E-state index is 5.84. The zero-order chi connectivity index (χ0) is 15.4. The van der Waals surface area contributed by atoms with Gasteiger partial charge in [-0.2, -0.15) is 0 Å². The van der Waals surface area contributed by atoms with Crippen molar-refractivity contribution in [1.29, 1.82) is 0 Å². The van der Waals surface area contributed by atoms with Gasteiger partial charge in [-0.1, -0.05) is 46.2 Å². The molecule has 1 fully saturated rings. The normalized spacial score (nSPS) is 19.3. The molecule has 0 aromatic heterocycles. The third-order valence-corrected chi connectivity index (χ3v) is 4.64. The van der Waals surface area contributed by atoms with Gasteiger partial charge in [0.1, 0.15) is 5.75 Å². The minimum absolute atomic E-state index is 0.499. The maximum Gasteiger partial charge on any atom is 0.125 e. The summed E-state index contributed by atoms with van der Waals surface area (Å²) in [6, 6.07) is 5.18. The fourth-order valence-electron chi connectivity index (χ4n) is 3.45. The van der Waals surface area contributed by atoms with Crippen LogP contribution < -0.4 is 10.1 Å². The van der Waals surface area contributed by atoms with E-state index in [2.05, 4.69) is 45.1 Å². The first-order chi connectivity index (χ1) is 10.0. The topological polar surface area (TPSA) is 21.3 Å². The fourth-order valence-corrected chi connectivity index (χ4v) is 3.45. The first-order valence-corrected chi connectivity index (χ1v) is 8.47. The highest BCUT2D eigenvalue weighted by molar-refractivity contribution is 5.49. The van der Waals surface area contributed by atoms with E-state index in [9.17, 15) is 0 Å². The third-order valence-electron chi connectivity index (χ3n) is 4.64. The number of nitrogens with one attached hydrogen (secondary N) is 1. The molecule has 1 N–H and O–H groups in total. The molecule has 2 nitrogen and oxygen atoms in total. The summed E-state index contributed by atoms with van der Waals surface area (Å²) in [6.45, 7) is 10.2. The SMILES string of the molecule is COc1c(C(C)C)ccc(C(C)C)c1CC1CCCCN1. The van der Waals surface area contributed by atoms with Crippen LogP contribution in [0.5, 0.6) is 5.75 Å². The molecule has 2 heteroatoms. The molecule has 0 spiro atoms. The molecule has 21 heavy (non-hydrogen) atoms. The molecule has 1 atom stereocenters. The van der Waals surface area contributed by atoms with E-state index in [0.717, 1.165) is 18.7 Å². The van der Waals surface area contributed by atoms with Gasteiger partial charge in [0, 0.05) is 6.04 Å². The number of benzene rings is 1. The summed E-state index contributed by atoms with van der Waals surface area (Å²) in [5.41, 5.74) is 4.22. The Labute approximate surface area is 130 Å². The van der Waals surface area contributed by atoms with Crippen LogP contribution in [0.1, 0.15) is 75.5 Å². The Balaban J connectivity index is 2.39. The molecule has 0 aliphatic carbocycles. The molecule has 1 saturated heterocycles. The van der Waals surface area contributed by atoms with E-state index in [0.29, 0.717) is 17.9 Å². The van der Waals surface area contributed by atoms with E-state index >= 15 is 0 Å². The van der Waals surface area contributed by atoms with E-state index < -0.39 is 0 Å². The molecule has 0 amide bonds. The summed E-state index contributed by atoms with van der Waals surface area (Å²) in [5.74, 6) is 2.17. The molecule has 1 aliphatic rings. The number of rotatable bonds is 5. The van der Waals surface area contributed by atoms with E-state index in [-0.39, 0.29) is 0 Å². The smallest absolute Gasteiger partial charge is 0.125 e. The number of hydrogen-bond acceptors (Lipinski definition) is 2. The zero-order valence-electron chi connectivity index (χ0n) is 14.3. The molecule has 0 bridgehead atoms. The van der Waals surface area contributed by atoms with Gasteiger partial charge >= 0.3 is 0 Å². The third kappa shape index (κ3) is 3.79. The van der Waals surface area contributed by atoms with Crippen LogP contribution in [0.15, 0.2) is 12.1 Å². The van der Waals surface area contributed by atoms with Gasteiger partial charge in [-0.05, 0) is 54.3 Å². The summed E-state index contributed by atoms with van der Waals surface area (Å²) in [4.78, 5) is 0. The van der Waals surface area contributed by atoms with E-state index in [1.807, 2.05) is 7.11 Å². The molecule has 2 rings (SSSR count). The Kier molecular flexibility index (Phi) is 5.69. The molecular formula is C19H31NO. The van der Waals surface area contributed by atoms with Crippen LogP contribution in [-0.4, -0.2) is 19.7 Å². The Morgan fingerprint density at radius 2 is 1.76 bits per heavy atom. The average Bonchev–Trinajstić information content (AvgIpc) is 2.47. The first-order valence-electron chi connectivity index (χ1n) is 8.47. The second kappa shape index (κ2) is 7.31. The fraction of sp³-hybridized carbons (Fsp3) is 0.684. The van der Waals surface area contributed by atoms with Gasteiger partial charge in [0.25, 0.3) is 0 Å². The lowest BCUT2D eigenvalue weighted by Crippen LogP contribution is -2.36. The van der Waals surface area contributed by atoms with E-state index in [1.54, 1.807) is 0 Å². The van der Waals surface area contributed by atoms with Gasteiger partial charge in [0.2, 0.25) is 0 Å². The van der Waals surface area contributed by atoms with E-state index in [1.165, 1.54) is 36.0 Å². The number of methoxy groups -OCH3 is 1. The van der Waals surface area contributed by atoms with Crippen LogP contribution in [0.2, 0.25) is 0 Å². The van der Waals surface area contributed by atoms with Gasteiger partial charge in [-0.25, -0.2) is 0 Å². The first kappa shape index (κ1) is 16.4. The van der Waals surface area contributed by atoms with Crippen molar-refractivity contribution in [1.82, 2.24) is 5.32 Å². The monoisotopic (exact) mass is 289 g/mol. The van der Waals surface area contributed by atoms with Crippen molar-refractivity contribution < 1.29 is 4.74 Å². The summed E-state index contributed by atoms with van der Waals surface area (Å²) < 4.78 is 5.84. The predicted molar refractivity (Wildman–Crippen MR) is 90.5 cm³/mol. The largest absolute Gasteiger partial charge is 0.496 e. The minimum Gasteiger partial charge on any atom is -0.496 e. The van der Waals surface area contributed by atoms with Crippen molar-refractivity contribution in [3.63, 3.8) is 0 Å². The highest BCUT2D eigenvalue weighted by atomic mass is 16.5. The number of ether oxygens (including phenoxy) is 1. The van der Waals surface area contributed by atoms with Crippen LogP contribution >= 0.6 is 0 Å². The van der Waals surface area contributed by atoms with Crippen LogP contribution in [0.3, 0.4) is 0 Å². The Morgan fingerprint density at radius 3 is 2.29 bits per heavy atom. The molecule has 1 heterocycles. The second-order valence-electron chi connectivity index (χ2n) is 6.92. The van der Waals surface area contributed by atoms with Gasteiger partial charge in [-0.15, -0.1) is 0 Å². The Hall–Kier alpha value is -1.02. The standard InChI is InChI=1S/C19H31NO/c1-13(2)16-9-10-17(14(3)4)19(21-5)18(16)12-15-8-6-7-11-20-15/h9-10,13-15,20H,6-8,11-12H2,1-5H3. The maximum atomic E-state index is 5.84.